The van der Waals surface area contributed by atoms with Crippen LogP contribution < -0.4 is 5.32 Å². The number of methoxy groups -OCH3 is 1. The number of amides is 1. The summed E-state index contributed by atoms with van der Waals surface area (Å²) < 4.78 is 10.4. The summed E-state index contributed by atoms with van der Waals surface area (Å²) in [5, 5.41) is 12.3. The van der Waals surface area contributed by atoms with Crippen LogP contribution in [0, 0.1) is 11.3 Å². The summed E-state index contributed by atoms with van der Waals surface area (Å²) in [6, 6.07) is 1.70. The number of hydrogen-bond donors (Lipinski definition) is 1. The molecule has 6 heteroatoms. The van der Waals surface area contributed by atoms with Gasteiger partial charge in [-0.3, -0.25) is 5.32 Å². The molecule has 0 spiro atoms. The Labute approximate surface area is 128 Å². The third kappa shape index (κ3) is 8.53. The first-order chi connectivity index (χ1) is 9.51. The molecule has 0 saturated carbocycles. The molecule has 1 unspecified atom stereocenters. The van der Waals surface area contributed by atoms with Gasteiger partial charge >= 0.3 is 6.09 Å². The predicted molar refractivity (Wildman–Crippen MR) is 82.0 cm³/mol. The predicted octanol–water partition coefficient (Wildman–Crippen LogP) is 2.15. The Morgan fingerprint density at radius 1 is 1.29 bits per heavy atom. The number of carbonyl (C=O) groups excluding carboxylic acids is 1. The highest BCUT2D eigenvalue weighted by atomic mass is 16.6. The molecule has 1 N–H and O–H groups in total. The lowest BCUT2D eigenvalue weighted by atomic mass is 10.1. The summed E-state index contributed by atoms with van der Waals surface area (Å²) in [7, 11) is 1.60. The molecule has 0 heterocycles. The number of ether oxygens (including phenoxy) is 2. The number of carbonyl (C=O) groups is 1. The lowest BCUT2D eigenvalue weighted by molar-refractivity contribution is 0.00498. The topological polar surface area (TPSA) is 74.6 Å². The van der Waals surface area contributed by atoms with E-state index in [4.69, 9.17) is 9.47 Å². The molecule has 0 saturated heterocycles. The maximum absolute atomic E-state index is 12.3. The van der Waals surface area contributed by atoms with Crippen molar-refractivity contribution in [2.75, 3.05) is 26.8 Å². The molecule has 0 aromatic carbocycles. The largest absolute Gasteiger partial charge is 0.444 e. The molecule has 0 radical (unpaired) electrons. The molecule has 0 fully saturated rings. The summed E-state index contributed by atoms with van der Waals surface area (Å²) >= 11 is 0. The molecule has 0 rings (SSSR count). The molecule has 1 amide bonds. The van der Waals surface area contributed by atoms with Gasteiger partial charge in [0.05, 0.1) is 19.2 Å². The first-order valence-electron chi connectivity index (χ1n) is 7.14. The summed E-state index contributed by atoms with van der Waals surface area (Å²) in [4.78, 5) is 13.9. The van der Waals surface area contributed by atoms with E-state index in [1.54, 1.807) is 12.0 Å². The van der Waals surface area contributed by atoms with Crippen LogP contribution in [0.3, 0.4) is 0 Å². The zero-order chi connectivity index (χ0) is 16.7. The third-order valence-electron chi connectivity index (χ3n) is 2.64. The van der Waals surface area contributed by atoms with E-state index in [0.717, 1.165) is 0 Å². The summed E-state index contributed by atoms with van der Waals surface area (Å²) in [6.45, 7) is 12.6. The zero-order valence-corrected chi connectivity index (χ0v) is 14.3. The Morgan fingerprint density at radius 2 is 1.86 bits per heavy atom. The molecule has 0 bridgehead atoms. The van der Waals surface area contributed by atoms with Crippen molar-refractivity contribution in [2.45, 2.75) is 58.7 Å². The fourth-order valence-electron chi connectivity index (χ4n) is 1.61. The van der Waals surface area contributed by atoms with Gasteiger partial charge in [-0.25, -0.2) is 4.79 Å². The first kappa shape index (κ1) is 19.7. The van der Waals surface area contributed by atoms with Gasteiger partial charge in [0.2, 0.25) is 0 Å². The van der Waals surface area contributed by atoms with Gasteiger partial charge < -0.3 is 14.4 Å². The fraction of sp³-hybridized carbons (Fsp3) is 0.867. The monoisotopic (exact) mass is 299 g/mol. The minimum absolute atomic E-state index is 0.263. The smallest absolute Gasteiger partial charge is 0.410 e. The summed E-state index contributed by atoms with van der Waals surface area (Å²) in [5.74, 6) is 0. The first-order valence-corrected chi connectivity index (χ1v) is 7.14. The molecule has 6 nitrogen and oxygen atoms in total. The minimum atomic E-state index is -0.563. The van der Waals surface area contributed by atoms with Gasteiger partial charge in [0.25, 0.3) is 0 Å². The van der Waals surface area contributed by atoms with Crippen LogP contribution in [-0.4, -0.2) is 55.0 Å². The molecule has 21 heavy (non-hydrogen) atoms. The molecule has 122 valence electrons. The number of nitrogens with zero attached hydrogens (tertiary/aromatic N) is 2. The molecule has 0 aliphatic rings. The second-order valence-electron chi connectivity index (χ2n) is 6.89. The summed E-state index contributed by atoms with van der Waals surface area (Å²) in [6.07, 6.45) is -0.413. The minimum Gasteiger partial charge on any atom is -0.444 e. The number of nitrogens with one attached hydrogen (secondary N) is 1. The van der Waals surface area contributed by atoms with Crippen LogP contribution in [-0.2, 0) is 9.47 Å². The maximum Gasteiger partial charge on any atom is 0.410 e. The molecule has 0 aliphatic carbocycles. The van der Waals surface area contributed by atoms with E-state index in [0.29, 0.717) is 13.2 Å². The quantitative estimate of drug-likeness (QED) is 0.761. The van der Waals surface area contributed by atoms with Gasteiger partial charge in [0.15, 0.2) is 0 Å². The number of hydrogen-bond acceptors (Lipinski definition) is 5. The third-order valence-corrected chi connectivity index (χ3v) is 2.64. The Bertz CT molecular complexity index is 364. The highest BCUT2D eigenvalue weighted by Gasteiger charge is 2.32. The van der Waals surface area contributed by atoms with Crippen molar-refractivity contribution in [1.82, 2.24) is 10.2 Å². The molecule has 0 aliphatic heterocycles. The van der Waals surface area contributed by atoms with E-state index in [1.807, 2.05) is 41.5 Å². The van der Waals surface area contributed by atoms with Gasteiger partial charge in [-0.15, -0.1) is 0 Å². The van der Waals surface area contributed by atoms with Crippen LogP contribution in [0.5, 0.6) is 0 Å². The molecule has 1 atom stereocenters. The Kier molecular flexibility index (Phi) is 7.69. The lowest BCUT2D eigenvalue weighted by Gasteiger charge is -2.37. The fourth-order valence-corrected chi connectivity index (χ4v) is 1.61. The van der Waals surface area contributed by atoms with Crippen LogP contribution in [0.25, 0.3) is 0 Å². The molecular formula is C15H29N3O3. The average molecular weight is 299 g/mol. The second-order valence-corrected chi connectivity index (χ2v) is 6.89. The maximum atomic E-state index is 12.3. The Hall–Kier alpha value is -1.32. The number of rotatable bonds is 6. The SMILES string of the molecule is COCCNC(C#N)CN(C(=O)OC(C)(C)C)C(C)(C)C. The van der Waals surface area contributed by atoms with Crippen LogP contribution in [0.1, 0.15) is 41.5 Å². The van der Waals surface area contributed by atoms with Crippen molar-refractivity contribution < 1.29 is 14.3 Å². The highest BCUT2D eigenvalue weighted by Crippen LogP contribution is 2.18. The normalized spacial score (nSPS) is 13.4. The van der Waals surface area contributed by atoms with Crippen LogP contribution in [0.2, 0.25) is 0 Å². The van der Waals surface area contributed by atoms with E-state index in [-0.39, 0.29) is 6.54 Å². The van der Waals surface area contributed by atoms with Gasteiger partial charge in [-0.2, -0.15) is 5.26 Å². The standard InChI is InChI=1S/C15H29N3O3/c1-14(2,3)18(13(19)21-15(4,5)6)11-12(10-16)17-8-9-20-7/h12,17H,8-9,11H2,1-7H3. The van der Waals surface area contributed by atoms with Crippen molar-refractivity contribution in [3.8, 4) is 6.07 Å². The van der Waals surface area contributed by atoms with Gasteiger partial charge in [-0.05, 0) is 41.5 Å². The van der Waals surface area contributed by atoms with Crippen molar-refractivity contribution in [3.05, 3.63) is 0 Å². The Morgan fingerprint density at radius 3 is 2.24 bits per heavy atom. The van der Waals surface area contributed by atoms with Gasteiger partial charge in [-0.1, -0.05) is 0 Å². The highest BCUT2D eigenvalue weighted by molar-refractivity contribution is 5.69. The van der Waals surface area contributed by atoms with E-state index >= 15 is 0 Å². The molecule has 0 aromatic rings. The van der Waals surface area contributed by atoms with Crippen LogP contribution >= 0.6 is 0 Å². The zero-order valence-electron chi connectivity index (χ0n) is 14.3. The van der Waals surface area contributed by atoms with Crippen molar-refractivity contribution in [1.29, 1.82) is 5.26 Å². The van der Waals surface area contributed by atoms with E-state index < -0.39 is 23.3 Å². The average Bonchev–Trinajstić information content (AvgIpc) is 2.29. The van der Waals surface area contributed by atoms with E-state index in [1.165, 1.54) is 0 Å². The van der Waals surface area contributed by atoms with Crippen LogP contribution in [0.15, 0.2) is 0 Å². The summed E-state index contributed by atoms with van der Waals surface area (Å²) in [5.41, 5.74) is -0.993. The van der Waals surface area contributed by atoms with Crippen molar-refractivity contribution in [2.24, 2.45) is 0 Å². The van der Waals surface area contributed by atoms with E-state index in [2.05, 4.69) is 11.4 Å². The number of nitriles is 1. The molecular weight excluding hydrogens is 270 g/mol. The lowest BCUT2D eigenvalue weighted by Crippen LogP contribution is -2.53. The molecule has 0 aromatic heterocycles. The van der Waals surface area contributed by atoms with Crippen molar-refractivity contribution in [3.63, 3.8) is 0 Å². The van der Waals surface area contributed by atoms with Gasteiger partial charge in [0.1, 0.15) is 11.6 Å². The van der Waals surface area contributed by atoms with Crippen molar-refractivity contribution >= 4 is 6.09 Å². The van der Waals surface area contributed by atoms with Gasteiger partial charge in [0, 0.05) is 19.2 Å². The van der Waals surface area contributed by atoms with Crippen LogP contribution in [0.4, 0.5) is 4.79 Å². The van der Waals surface area contributed by atoms with E-state index in [9.17, 15) is 10.1 Å². The Balaban J connectivity index is 4.85. The second kappa shape index (κ2) is 8.20.